The van der Waals surface area contributed by atoms with E-state index in [-0.39, 0.29) is 17.7 Å². The summed E-state index contributed by atoms with van der Waals surface area (Å²) in [4.78, 5) is 31.5. The van der Waals surface area contributed by atoms with E-state index in [0.29, 0.717) is 30.3 Å². The standard InChI is InChI=1S/C26H31N3O3/c1-17(2)24(28-25(30)20-9-5-7-11-23(20)32-3)26(31)29-14-12-18(13-15-29)21-16-27-22-10-6-4-8-19(21)22/h4-11,16-18,24,27H,12-15H2,1-3H3,(H,28,30). The maximum Gasteiger partial charge on any atom is 0.255 e. The minimum Gasteiger partial charge on any atom is -0.496 e. The Kier molecular flexibility index (Phi) is 6.49. The van der Waals surface area contributed by atoms with E-state index in [1.807, 2.05) is 30.9 Å². The molecular formula is C26H31N3O3. The highest BCUT2D eigenvalue weighted by atomic mass is 16.5. The van der Waals surface area contributed by atoms with Crippen LogP contribution >= 0.6 is 0 Å². The first-order valence-electron chi connectivity index (χ1n) is 11.3. The summed E-state index contributed by atoms with van der Waals surface area (Å²) in [7, 11) is 1.54. The number of nitrogens with one attached hydrogen (secondary N) is 2. The van der Waals surface area contributed by atoms with Gasteiger partial charge in [0.2, 0.25) is 5.91 Å². The summed E-state index contributed by atoms with van der Waals surface area (Å²) >= 11 is 0. The van der Waals surface area contributed by atoms with Gasteiger partial charge < -0.3 is 19.9 Å². The first-order chi connectivity index (χ1) is 15.5. The van der Waals surface area contributed by atoms with Gasteiger partial charge in [-0.05, 0) is 48.4 Å². The predicted molar refractivity (Wildman–Crippen MR) is 126 cm³/mol. The molecule has 6 nitrogen and oxygen atoms in total. The zero-order valence-corrected chi connectivity index (χ0v) is 18.9. The molecule has 6 heteroatoms. The molecule has 2 N–H and O–H groups in total. The number of rotatable bonds is 6. The number of H-pyrrole nitrogens is 1. The minimum atomic E-state index is -0.572. The fourth-order valence-electron chi connectivity index (χ4n) is 4.60. The van der Waals surface area contributed by atoms with Crippen molar-refractivity contribution in [3.63, 3.8) is 0 Å². The highest BCUT2D eigenvalue weighted by Crippen LogP contribution is 2.33. The van der Waals surface area contributed by atoms with Crippen LogP contribution in [-0.4, -0.2) is 47.9 Å². The Labute approximate surface area is 188 Å². The van der Waals surface area contributed by atoms with Crippen molar-refractivity contribution in [2.75, 3.05) is 20.2 Å². The van der Waals surface area contributed by atoms with Crippen molar-refractivity contribution in [3.8, 4) is 5.75 Å². The summed E-state index contributed by atoms with van der Waals surface area (Å²) in [5.74, 6) is 0.603. The van der Waals surface area contributed by atoms with Crippen molar-refractivity contribution in [2.45, 2.75) is 38.6 Å². The van der Waals surface area contributed by atoms with Gasteiger partial charge in [0.05, 0.1) is 12.7 Å². The number of para-hydroxylation sites is 2. The number of hydrogen-bond donors (Lipinski definition) is 2. The molecule has 1 atom stereocenters. The number of fused-ring (bicyclic) bond motifs is 1. The molecule has 1 aliphatic rings. The molecule has 0 saturated carbocycles. The molecule has 1 fully saturated rings. The highest BCUT2D eigenvalue weighted by molar-refractivity contribution is 5.99. The van der Waals surface area contributed by atoms with E-state index in [1.54, 1.807) is 18.2 Å². The molecule has 32 heavy (non-hydrogen) atoms. The maximum atomic E-state index is 13.3. The van der Waals surface area contributed by atoms with Crippen LogP contribution < -0.4 is 10.1 Å². The third-order valence-electron chi connectivity index (χ3n) is 6.44. The van der Waals surface area contributed by atoms with Crippen molar-refractivity contribution in [2.24, 2.45) is 5.92 Å². The van der Waals surface area contributed by atoms with Gasteiger partial charge in [-0.3, -0.25) is 9.59 Å². The summed E-state index contributed by atoms with van der Waals surface area (Å²) < 4.78 is 5.30. The van der Waals surface area contributed by atoms with E-state index >= 15 is 0 Å². The van der Waals surface area contributed by atoms with E-state index in [4.69, 9.17) is 4.74 Å². The number of likely N-dealkylation sites (tertiary alicyclic amines) is 1. The Morgan fingerprint density at radius 1 is 1.06 bits per heavy atom. The molecule has 1 unspecified atom stereocenters. The number of benzene rings is 2. The van der Waals surface area contributed by atoms with Gasteiger partial charge in [-0.1, -0.05) is 44.2 Å². The minimum absolute atomic E-state index is 0.0133. The molecule has 2 amide bonds. The first kappa shape index (κ1) is 21.9. The van der Waals surface area contributed by atoms with Gasteiger partial charge >= 0.3 is 0 Å². The van der Waals surface area contributed by atoms with Crippen molar-refractivity contribution in [1.29, 1.82) is 0 Å². The molecule has 2 aromatic carbocycles. The van der Waals surface area contributed by atoms with Crippen molar-refractivity contribution >= 4 is 22.7 Å². The molecule has 4 rings (SSSR count). The maximum absolute atomic E-state index is 13.3. The molecular weight excluding hydrogens is 402 g/mol. The lowest BCUT2D eigenvalue weighted by Crippen LogP contribution is -2.52. The summed E-state index contributed by atoms with van der Waals surface area (Å²) in [6.07, 6.45) is 3.94. The fourth-order valence-corrected chi connectivity index (χ4v) is 4.60. The second kappa shape index (κ2) is 9.47. The smallest absolute Gasteiger partial charge is 0.255 e. The van der Waals surface area contributed by atoms with Crippen LogP contribution in [0.2, 0.25) is 0 Å². The van der Waals surface area contributed by atoms with E-state index in [1.165, 1.54) is 18.1 Å². The molecule has 2 heterocycles. The zero-order chi connectivity index (χ0) is 22.7. The van der Waals surface area contributed by atoms with E-state index < -0.39 is 6.04 Å². The molecule has 1 aliphatic heterocycles. The summed E-state index contributed by atoms with van der Waals surface area (Å²) in [5, 5.41) is 4.22. The van der Waals surface area contributed by atoms with Crippen LogP contribution in [0, 0.1) is 5.92 Å². The molecule has 1 saturated heterocycles. The Bertz CT molecular complexity index is 1100. The van der Waals surface area contributed by atoms with Crippen molar-refractivity contribution in [1.82, 2.24) is 15.2 Å². The molecule has 0 bridgehead atoms. The topological polar surface area (TPSA) is 74.4 Å². The van der Waals surface area contributed by atoms with Gasteiger partial charge in [0.1, 0.15) is 11.8 Å². The third-order valence-corrected chi connectivity index (χ3v) is 6.44. The summed E-state index contributed by atoms with van der Waals surface area (Å²) in [5.41, 5.74) is 2.92. The Morgan fingerprint density at radius 2 is 1.75 bits per heavy atom. The number of carbonyl (C=O) groups is 2. The van der Waals surface area contributed by atoms with Gasteiger partial charge in [0.15, 0.2) is 0 Å². The van der Waals surface area contributed by atoms with E-state index in [2.05, 4.69) is 34.7 Å². The Morgan fingerprint density at radius 3 is 2.47 bits per heavy atom. The molecule has 0 radical (unpaired) electrons. The third kappa shape index (κ3) is 4.35. The quantitative estimate of drug-likeness (QED) is 0.607. The second-order valence-electron chi connectivity index (χ2n) is 8.78. The SMILES string of the molecule is COc1ccccc1C(=O)NC(C(=O)N1CCC(c2c[nH]c3ccccc23)CC1)C(C)C. The van der Waals surface area contributed by atoms with Gasteiger partial charge in [0, 0.05) is 30.2 Å². The van der Waals surface area contributed by atoms with Gasteiger partial charge in [-0.15, -0.1) is 0 Å². The lowest BCUT2D eigenvalue weighted by atomic mass is 9.88. The lowest BCUT2D eigenvalue weighted by Gasteiger charge is -2.35. The number of hydrogen-bond acceptors (Lipinski definition) is 3. The van der Waals surface area contributed by atoms with Crippen LogP contribution in [0.25, 0.3) is 10.9 Å². The number of piperidine rings is 1. The average Bonchev–Trinajstić information content (AvgIpc) is 3.26. The van der Waals surface area contributed by atoms with Crippen molar-refractivity contribution < 1.29 is 14.3 Å². The number of amides is 2. The number of aromatic nitrogens is 1. The normalized spacial score (nSPS) is 15.7. The Balaban J connectivity index is 1.42. The predicted octanol–water partition coefficient (Wildman–Crippen LogP) is 4.34. The zero-order valence-electron chi connectivity index (χ0n) is 18.9. The number of ether oxygens (including phenoxy) is 1. The van der Waals surface area contributed by atoms with Crippen LogP contribution in [0.5, 0.6) is 5.75 Å². The summed E-state index contributed by atoms with van der Waals surface area (Å²) in [6.45, 7) is 5.31. The van der Waals surface area contributed by atoms with Gasteiger partial charge in [0.25, 0.3) is 5.91 Å². The van der Waals surface area contributed by atoms with Crippen LogP contribution in [0.15, 0.2) is 54.7 Å². The largest absolute Gasteiger partial charge is 0.496 e. The molecule has 0 aliphatic carbocycles. The van der Waals surface area contributed by atoms with E-state index in [0.717, 1.165) is 18.4 Å². The van der Waals surface area contributed by atoms with Crippen molar-refractivity contribution in [3.05, 3.63) is 65.9 Å². The second-order valence-corrected chi connectivity index (χ2v) is 8.78. The van der Waals surface area contributed by atoms with Crippen LogP contribution in [-0.2, 0) is 4.79 Å². The number of nitrogens with zero attached hydrogens (tertiary/aromatic N) is 1. The number of carbonyl (C=O) groups excluding carboxylic acids is 2. The molecule has 3 aromatic rings. The lowest BCUT2D eigenvalue weighted by molar-refractivity contribution is -0.135. The van der Waals surface area contributed by atoms with Crippen LogP contribution in [0.3, 0.4) is 0 Å². The summed E-state index contributed by atoms with van der Waals surface area (Å²) in [6, 6.07) is 14.8. The van der Waals surface area contributed by atoms with Gasteiger partial charge in [-0.25, -0.2) is 0 Å². The van der Waals surface area contributed by atoms with Crippen LogP contribution in [0.4, 0.5) is 0 Å². The molecule has 1 aromatic heterocycles. The Hall–Kier alpha value is -3.28. The molecule has 168 valence electrons. The molecule has 0 spiro atoms. The monoisotopic (exact) mass is 433 g/mol. The number of aromatic amines is 1. The van der Waals surface area contributed by atoms with Gasteiger partial charge in [-0.2, -0.15) is 0 Å². The highest BCUT2D eigenvalue weighted by Gasteiger charge is 2.32. The first-order valence-corrected chi connectivity index (χ1v) is 11.3. The van der Waals surface area contributed by atoms with E-state index in [9.17, 15) is 9.59 Å². The fraction of sp³-hybridized carbons (Fsp3) is 0.385. The average molecular weight is 434 g/mol. The van der Waals surface area contributed by atoms with Crippen LogP contribution in [0.1, 0.15) is 48.5 Å². The number of methoxy groups -OCH3 is 1.